The van der Waals surface area contributed by atoms with Crippen LogP contribution in [0.3, 0.4) is 0 Å². The van der Waals surface area contributed by atoms with E-state index in [-0.39, 0.29) is 5.91 Å². The van der Waals surface area contributed by atoms with Crippen molar-refractivity contribution in [3.8, 4) is 0 Å². The molecule has 2 N–H and O–H groups in total. The smallest absolute Gasteiger partial charge is 0.234 e. The lowest BCUT2D eigenvalue weighted by Gasteiger charge is -2.06. The zero-order chi connectivity index (χ0) is 16.9. The van der Waals surface area contributed by atoms with Gasteiger partial charge in [-0.2, -0.15) is 0 Å². The molecule has 1 amide bonds. The maximum absolute atomic E-state index is 12.1. The second-order valence-corrected chi connectivity index (χ2v) is 8.02. The number of anilines is 1. The van der Waals surface area contributed by atoms with Gasteiger partial charge in [0, 0.05) is 16.6 Å². The van der Waals surface area contributed by atoms with E-state index >= 15 is 0 Å². The average molecular weight is 409 g/mol. The molecule has 0 radical (unpaired) electrons. The van der Waals surface area contributed by atoms with Crippen LogP contribution in [0.5, 0.6) is 0 Å². The largest absolute Gasteiger partial charge is 0.325 e. The number of aromatic nitrogens is 3. The van der Waals surface area contributed by atoms with E-state index in [9.17, 15) is 4.79 Å². The highest BCUT2D eigenvalue weighted by atomic mass is 79.9. The first-order valence-electron chi connectivity index (χ1n) is 8.20. The number of benzene rings is 1. The third-order valence-electron chi connectivity index (χ3n) is 4.24. The van der Waals surface area contributed by atoms with Crippen LogP contribution in [0.25, 0.3) is 0 Å². The van der Waals surface area contributed by atoms with Crippen molar-refractivity contribution in [1.82, 2.24) is 15.2 Å². The van der Waals surface area contributed by atoms with Crippen molar-refractivity contribution < 1.29 is 4.79 Å². The topological polar surface area (TPSA) is 70.7 Å². The minimum Gasteiger partial charge on any atom is -0.325 e. The number of aromatic amines is 1. The Kier molecular flexibility index (Phi) is 5.94. The number of amides is 1. The average Bonchev–Trinajstić information content (AvgIpc) is 3.21. The van der Waals surface area contributed by atoms with Gasteiger partial charge in [-0.25, -0.2) is 4.98 Å². The molecule has 7 heteroatoms. The Labute approximate surface area is 154 Å². The second-order valence-electron chi connectivity index (χ2n) is 6.22. The van der Waals surface area contributed by atoms with Crippen molar-refractivity contribution in [3.05, 3.63) is 34.1 Å². The molecular formula is C17H21BrN4OS. The maximum Gasteiger partial charge on any atom is 0.234 e. The Morgan fingerprint density at radius 3 is 2.96 bits per heavy atom. The van der Waals surface area contributed by atoms with Gasteiger partial charge in [0.05, 0.1) is 5.75 Å². The normalized spacial score (nSPS) is 14.9. The number of hydrogen-bond donors (Lipinski definition) is 2. The zero-order valence-electron chi connectivity index (χ0n) is 13.6. The predicted octanol–water partition coefficient (Wildman–Crippen LogP) is 4.34. The van der Waals surface area contributed by atoms with Gasteiger partial charge in [0.15, 0.2) is 0 Å². The Bertz CT molecular complexity index is 712. The van der Waals surface area contributed by atoms with E-state index in [2.05, 4.69) is 36.4 Å². The number of H-pyrrole nitrogens is 1. The minimum absolute atomic E-state index is 0.0520. The van der Waals surface area contributed by atoms with Gasteiger partial charge in [0.25, 0.3) is 0 Å². The number of thioether (sulfide) groups is 1. The predicted molar refractivity (Wildman–Crippen MR) is 100 cm³/mol. The molecule has 2 aromatic rings. The Balaban J connectivity index is 1.47. The lowest BCUT2D eigenvalue weighted by atomic mass is 10.0. The second kappa shape index (κ2) is 8.16. The van der Waals surface area contributed by atoms with Gasteiger partial charge < -0.3 is 5.32 Å². The van der Waals surface area contributed by atoms with E-state index in [4.69, 9.17) is 0 Å². The van der Waals surface area contributed by atoms with Crippen molar-refractivity contribution in [1.29, 1.82) is 0 Å². The molecule has 5 nitrogen and oxygen atoms in total. The molecule has 1 aliphatic carbocycles. The van der Waals surface area contributed by atoms with Gasteiger partial charge in [-0.05, 0) is 36.6 Å². The molecule has 0 saturated heterocycles. The number of carbonyl (C=O) groups excluding carboxylic acids is 1. The van der Waals surface area contributed by atoms with Crippen LogP contribution in [0.1, 0.15) is 37.1 Å². The molecule has 1 heterocycles. The minimum atomic E-state index is -0.0520. The number of nitrogens with one attached hydrogen (secondary N) is 2. The molecule has 0 bridgehead atoms. The third-order valence-corrected chi connectivity index (χ3v) is 5.98. The molecule has 128 valence electrons. The lowest BCUT2D eigenvalue weighted by Crippen LogP contribution is -2.14. The number of nitrogens with zero attached hydrogens (tertiary/aromatic N) is 2. The van der Waals surface area contributed by atoms with Gasteiger partial charge in [-0.1, -0.05) is 53.4 Å². The summed E-state index contributed by atoms with van der Waals surface area (Å²) in [6.07, 6.45) is 6.21. The number of halogens is 1. The summed E-state index contributed by atoms with van der Waals surface area (Å²) in [4.78, 5) is 16.5. The summed E-state index contributed by atoms with van der Waals surface area (Å²) in [6.45, 7) is 1.99. The fraction of sp³-hybridized carbons (Fsp3) is 0.471. The Morgan fingerprint density at radius 1 is 1.42 bits per heavy atom. The van der Waals surface area contributed by atoms with Crippen LogP contribution in [0.2, 0.25) is 0 Å². The van der Waals surface area contributed by atoms with Crippen LogP contribution in [0, 0.1) is 12.8 Å². The summed E-state index contributed by atoms with van der Waals surface area (Å²) >= 11 is 4.81. The van der Waals surface area contributed by atoms with Gasteiger partial charge in [0.1, 0.15) is 5.82 Å². The summed E-state index contributed by atoms with van der Waals surface area (Å²) < 4.78 is 1.03. The van der Waals surface area contributed by atoms with Gasteiger partial charge in [0.2, 0.25) is 11.1 Å². The zero-order valence-corrected chi connectivity index (χ0v) is 16.0. The van der Waals surface area contributed by atoms with Crippen LogP contribution in [-0.4, -0.2) is 26.8 Å². The summed E-state index contributed by atoms with van der Waals surface area (Å²) in [5, 5.41) is 10.7. The summed E-state index contributed by atoms with van der Waals surface area (Å²) in [6, 6.07) is 5.76. The molecule has 1 fully saturated rings. The quantitative estimate of drug-likeness (QED) is 0.697. The SMILES string of the molecule is Cc1cc(NC(=O)CSc2n[nH]c(CC3CCCC3)n2)ccc1Br. The van der Waals surface area contributed by atoms with Crippen molar-refractivity contribution in [2.24, 2.45) is 5.92 Å². The van der Waals surface area contributed by atoms with Crippen LogP contribution in [-0.2, 0) is 11.2 Å². The van der Waals surface area contributed by atoms with Crippen molar-refractivity contribution in [2.75, 3.05) is 11.1 Å². The van der Waals surface area contributed by atoms with E-state index in [0.717, 1.165) is 33.9 Å². The molecule has 1 aromatic heterocycles. The Hall–Kier alpha value is -1.34. The number of rotatable bonds is 6. The van der Waals surface area contributed by atoms with Crippen molar-refractivity contribution in [3.63, 3.8) is 0 Å². The maximum atomic E-state index is 12.1. The van der Waals surface area contributed by atoms with Crippen molar-refractivity contribution >= 4 is 39.3 Å². The molecule has 24 heavy (non-hydrogen) atoms. The molecule has 0 atom stereocenters. The molecule has 0 aliphatic heterocycles. The molecule has 0 unspecified atom stereocenters. The first kappa shape index (κ1) is 17.5. The first-order valence-corrected chi connectivity index (χ1v) is 9.98. The van der Waals surface area contributed by atoms with E-state index in [1.165, 1.54) is 37.4 Å². The fourth-order valence-corrected chi connectivity index (χ4v) is 3.84. The molecule has 1 aliphatic rings. The summed E-state index contributed by atoms with van der Waals surface area (Å²) in [5.41, 5.74) is 1.89. The van der Waals surface area contributed by atoms with Crippen LogP contribution in [0.15, 0.2) is 27.8 Å². The third kappa shape index (κ3) is 4.83. The van der Waals surface area contributed by atoms with Crippen molar-refractivity contribution in [2.45, 2.75) is 44.2 Å². The standard InChI is InChI=1S/C17H21BrN4OS/c1-11-8-13(6-7-14(11)18)19-16(23)10-24-17-20-15(21-22-17)9-12-4-2-3-5-12/h6-8,12H,2-5,9-10H2,1H3,(H,19,23)(H,20,21,22). The van der Waals surface area contributed by atoms with E-state index in [1.54, 1.807) is 0 Å². The fourth-order valence-electron chi connectivity index (χ4n) is 2.97. The van der Waals surface area contributed by atoms with Crippen LogP contribution < -0.4 is 5.32 Å². The van der Waals surface area contributed by atoms with Gasteiger partial charge in [-0.15, -0.1) is 5.10 Å². The number of aryl methyl sites for hydroxylation is 1. The highest BCUT2D eigenvalue weighted by Gasteiger charge is 2.17. The van der Waals surface area contributed by atoms with E-state index in [1.807, 2.05) is 25.1 Å². The van der Waals surface area contributed by atoms with E-state index < -0.39 is 0 Å². The molecular weight excluding hydrogens is 388 g/mol. The molecule has 1 saturated carbocycles. The molecule has 0 spiro atoms. The summed E-state index contributed by atoms with van der Waals surface area (Å²) in [5.74, 6) is 1.92. The highest BCUT2D eigenvalue weighted by molar-refractivity contribution is 9.10. The van der Waals surface area contributed by atoms with Gasteiger partial charge >= 0.3 is 0 Å². The van der Waals surface area contributed by atoms with Gasteiger partial charge in [-0.3, -0.25) is 9.89 Å². The van der Waals surface area contributed by atoms with Crippen LogP contribution >= 0.6 is 27.7 Å². The monoisotopic (exact) mass is 408 g/mol. The molecule has 1 aromatic carbocycles. The number of hydrogen-bond acceptors (Lipinski definition) is 4. The summed E-state index contributed by atoms with van der Waals surface area (Å²) in [7, 11) is 0. The molecule has 3 rings (SSSR count). The highest BCUT2D eigenvalue weighted by Crippen LogP contribution is 2.27. The van der Waals surface area contributed by atoms with Crippen LogP contribution in [0.4, 0.5) is 5.69 Å². The lowest BCUT2D eigenvalue weighted by molar-refractivity contribution is -0.113. The number of carbonyl (C=O) groups is 1. The first-order chi connectivity index (χ1) is 11.6. The van der Waals surface area contributed by atoms with E-state index in [0.29, 0.717) is 10.9 Å². The Morgan fingerprint density at radius 2 is 2.21 bits per heavy atom.